The Kier molecular flexibility index (Phi) is 7.73. The highest BCUT2D eigenvalue weighted by atomic mass is 32.1. The van der Waals surface area contributed by atoms with Gasteiger partial charge < -0.3 is 23.9 Å². The number of anilines is 1. The van der Waals surface area contributed by atoms with Crippen LogP contribution in [0.5, 0.6) is 5.75 Å². The third kappa shape index (κ3) is 5.13. The minimum atomic E-state index is -0.647. The summed E-state index contributed by atoms with van der Waals surface area (Å²) in [5, 5.41) is 3.69. The summed E-state index contributed by atoms with van der Waals surface area (Å²) in [5.41, 5.74) is 2.33. The highest BCUT2D eigenvalue weighted by Crippen LogP contribution is 2.34. The number of esters is 2. The number of fused-ring (bicyclic) bond motifs is 3. The smallest absolute Gasteiger partial charge is 0.348 e. The van der Waals surface area contributed by atoms with Crippen LogP contribution in [0.4, 0.5) is 5.00 Å². The van der Waals surface area contributed by atoms with Crippen molar-refractivity contribution in [3.63, 3.8) is 0 Å². The molecule has 1 N–H and O–H groups in total. The fourth-order valence-electron chi connectivity index (χ4n) is 4.27. The van der Waals surface area contributed by atoms with Crippen molar-refractivity contribution in [3.8, 4) is 5.75 Å². The topological polar surface area (TPSA) is 121 Å². The molecule has 0 saturated carbocycles. The van der Waals surface area contributed by atoms with Crippen molar-refractivity contribution in [1.82, 2.24) is 0 Å². The lowest BCUT2D eigenvalue weighted by atomic mass is 9.91. The molecule has 0 aliphatic heterocycles. The van der Waals surface area contributed by atoms with E-state index in [1.807, 2.05) is 6.07 Å². The van der Waals surface area contributed by atoms with Crippen molar-refractivity contribution in [2.75, 3.05) is 25.1 Å². The highest BCUT2D eigenvalue weighted by molar-refractivity contribution is 7.18. The van der Waals surface area contributed by atoms with E-state index in [2.05, 4.69) is 5.32 Å². The van der Waals surface area contributed by atoms with Crippen molar-refractivity contribution >= 4 is 45.2 Å². The molecule has 1 aromatic carbocycles. The molecule has 0 fully saturated rings. The molecular formula is C26H27NO8S. The van der Waals surface area contributed by atoms with E-state index < -0.39 is 17.8 Å². The van der Waals surface area contributed by atoms with Crippen LogP contribution in [0, 0.1) is 6.92 Å². The number of nitrogens with one attached hydrogen (secondary N) is 1. The first-order valence-electron chi connectivity index (χ1n) is 11.8. The number of ether oxygens (including phenoxy) is 3. The number of aryl methyl sites for hydroxylation is 1. The van der Waals surface area contributed by atoms with Gasteiger partial charge in [-0.15, -0.1) is 11.3 Å². The maximum absolute atomic E-state index is 12.7. The zero-order chi connectivity index (χ0) is 25.8. The number of benzene rings is 1. The van der Waals surface area contributed by atoms with Crippen LogP contribution in [0.15, 0.2) is 27.4 Å². The molecule has 1 amide bonds. The Bertz CT molecular complexity index is 1390. The zero-order valence-electron chi connectivity index (χ0n) is 20.4. The van der Waals surface area contributed by atoms with E-state index in [9.17, 15) is 19.2 Å². The number of hydrogen-bond donors (Lipinski definition) is 1. The van der Waals surface area contributed by atoms with Crippen LogP contribution in [0.25, 0.3) is 11.0 Å². The summed E-state index contributed by atoms with van der Waals surface area (Å²) in [7, 11) is 0. The minimum absolute atomic E-state index is 0.107. The van der Waals surface area contributed by atoms with E-state index in [1.165, 1.54) is 0 Å². The van der Waals surface area contributed by atoms with Crippen LogP contribution in [-0.4, -0.2) is 37.7 Å². The van der Waals surface area contributed by atoms with Gasteiger partial charge in [0.05, 0.1) is 18.8 Å². The van der Waals surface area contributed by atoms with E-state index in [0.29, 0.717) is 16.9 Å². The first kappa shape index (κ1) is 25.4. The van der Waals surface area contributed by atoms with E-state index in [1.54, 1.807) is 32.9 Å². The first-order valence-corrected chi connectivity index (χ1v) is 12.6. The van der Waals surface area contributed by atoms with Crippen molar-refractivity contribution < 1.29 is 33.0 Å². The quantitative estimate of drug-likeness (QED) is 0.347. The molecule has 4 rings (SSSR count). The van der Waals surface area contributed by atoms with Crippen LogP contribution in [-0.2, 0) is 27.1 Å². The van der Waals surface area contributed by atoms with E-state index >= 15 is 0 Å². The number of carbonyl (C=O) groups excluding carboxylic acids is 3. The number of amides is 1. The summed E-state index contributed by atoms with van der Waals surface area (Å²) < 4.78 is 21.3. The van der Waals surface area contributed by atoms with Gasteiger partial charge in [0.2, 0.25) is 0 Å². The maximum atomic E-state index is 12.7. The van der Waals surface area contributed by atoms with Gasteiger partial charge in [0, 0.05) is 17.0 Å². The summed E-state index contributed by atoms with van der Waals surface area (Å²) in [5.74, 6) is -1.41. The van der Waals surface area contributed by atoms with Gasteiger partial charge >= 0.3 is 17.6 Å². The third-order valence-corrected chi connectivity index (χ3v) is 7.09. The molecule has 10 heteroatoms. The molecule has 1 aliphatic rings. The van der Waals surface area contributed by atoms with Gasteiger partial charge in [0.25, 0.3) is 5.91 Å². The van der Waals surface area contributed by atoms with Gasteiger partial charge in [-0.25, -0.2) is 14.4 Å². The molecule has 36 heavy (non-hydrogen) atoms. The Morgan fingerprint density at radius 1 is 1.03 bits per heavy atom. The normalized spacial score (nSPS) is 12.6. The van der Waals surface area contributed by atoms with E-state index in [4.69, 9.17) is 18.6 Å². The average molecular weight is 514 g/mol. The molecule has 2 heterocycles. The monoisotopic (exact) mass is 513 g/mol. The predicted octanol–water partition coefficient (Wildman–Crippen LogP) is 4.41. The lowest BCUT2D eigenvalue weighted by Crippen LogP contribution is -2.21. The Balaban J connectivity index is 1.51. The van der Waals surface area contributed by atoms with Gasteiger partial charge in [-0.2, -0.15) is 0 Å². The molecule has 0 unspecified atom stereocenters. The second-order valence-electron chi connectivity index (χ2n) is 8.25. The standard InChI is InChI=1S/C26H27NO8S/c1-4-32-25(30)21-14(3)22(26(31)33-5-2)36-23(21)27-20(28)13-34-15-10-11-17-16-8-6-7-9-18(16)24(29)35-19(17)12-15/h10-12H,4-9,13H2,1-3H3,(H,27,28). The van der Waals surface area contributed by atoms with Gasteiger partial charge in [0.1, 0.15) is 21.2 Å². The number of rotatable bonds is 8. The second-order valence-corrected chi connectivity index (χ2v) is 9.27. The Morgan fingerprint density at radius 2 is 1.72 bits per heavy atom. The summed E-state index contributed by atoms with van der Waals surface area (Å²) >= 11 is 0.942. The predicted molar refractivity (Wildman–Crippen MR) is 134 cm³/mol. The minimum Gasteiger partial charge on any atom is -0.484 e. The second kappa shape index (κ2) is 10.9. The fourth-order valence-corrected chi connectivity index (χ4v) is 5.37. The average Bonchev–Trinajstić information content (AvgIpc) is 3.18. The highest BCUT2D eigenvalue weighted by Gasteiger charge is 2.27. The maximum Gasteiger partial charge on any atom is 0.348 e. The van der Waals surface area contributed by atoms with Crippen molar-refractivity contribution in [2.24, 2.45) is 0 Å². The summed E-state index contributed by atoms with van der Waals surface area (Å²) in [6.07, 6.45) is 3.55. The van der Waals surface area contributed by atoms with Gasteiger partial charge in [-0.05, 0) is 69.7 Å². The largest absolute Gasteiger partial charge is 0.484 e. The molecule has 0 bridgehead atoms. The molecule has 0 spiro atoms. The Labute approximate surface area is 211 Å². The Hall–Kier alpha value is -3.66. The van der Waals surface area contributed by atoms with Crippen LogP contribution >= 0.6 is 11.3 Å². The first-order chi connectivity index (χ1) is 17.3. The number of hydrogen-bond acceptors (Lipinski definition) is 9. The lowest BCUT2D eigenvalue weighted by molar-refractivity contribution is -0.118. The molecule has 0 radical (unpaired) electrons. The summed E-state index contributed by atoms with van der Waals surface area (Å²) in [6, 6.07) is 5.16. The molecular weight excluding hydrogens is 486 g/mol. The van der Waals surface area contributed by atoms with Crippen LogP contribution in [0.1, 0.15) is 63.4 Å². The van der Waals surface area contributed by atoms with Crippen LogP contribution < -0.4 is 15.7 Å². The SMILES string of the molecule is CCOC(=O)c1sc(NC(=O)COc2ccc3c4c(c(=O)oc3c2)CCCC4)c(C(=O)OCC)c1C. The molecule has 190 valence electrons. The lowest BCUT2D eigenvalue weighted by Gasteiger charge is -2.16. The molecule has 0 saturated heterocycles. The zero-order valence-corrected chi connectivity index (χ0v) is 21.2. The molecule has 3 aromatic rings. The van der Waals surface area contributed by atoms with Crippen LogP contribution in [0.3, 0.4) is 0 Å². The summed E-state index contributed by atoms with van der Waals surface area (Å²) in [6.45, 7) is 4.90. The summed E-state index contributed by atoms with van der Waals surface area (Å²) in [4.78, 5) is 50.1. The molecule has 2 aromatic heterocycles. The molecule has 1 aliphatic carbocycles. The molecule has 9 nitrogen and oxygen atoms in total. The van der Waals surface area contributed by atoms with Crippen molar-refractivity contribution in [2.45, 2.75) is 46.5 Å². The van der Waals surface area contributed by atoms with Crippen LogP contribution in [0.2, 0.25) is 0 Å². The number of carbonyl (C=O) groups is 3. The van der Waals surface area contributed by atoms with Crippen molar-refractivity contribution in [3.05, 3.63) is 55.8 Å². The van der Waals surface area contributed by atoms with E-state index in [0.717, 1.165) is 53.5 Å². The Morgan fingerprint density at radius 3 is 2.44 bits per heavy atom. The van der Waals surface area contributed by atoms with E-state index in [-0.39, 0.29) is 40.9 Å². The van der Waals surface area contributed by atoms with Crippen molar-refractivity contribution in [1.29, 1.82) is 0 Å². The third-order valence-electron chi connectivity index (χ3n) is 5.91. The van der Waals surface area contributed by atoms with Gasteiger partial charge in [-0.1, -0.05) is 0 Å². The fraction of sp³-hybridized carbons (Fsp3) is 0.385. The molecule has 0 atom stereocenters. The number of thiophene rings is 1. The van der Waals surface area contributed by atoms with Gasteiger partial charge in [-0.3, -0.25) is 4.79 Å². The van der Waals surface area contributed by atoms with Gasteiger partial charge in [0.15, 0.2) is 6.61 Å².